The molecule has 1 aromatic carbocycles. The third-order valence-corrected chi connectivity index (χ3v) is 2.67. The average molecular weight is 298 g/mol. The minimum absolute atomic E-state index is 0.0597. The van der Waals surface area contributed by atoms with Crippen LogP contribution in [-0.2, 0) is 4.79 Å². The lowest BCUT2D eigenvalue weighted by Gasteiger charge is -2.07. The summed E-state index contributed by atoms with van der Waals surface area (Å²) in [7, 11) is 0. The van der Waals surface area contributed by atoms with Crippen molar-refractivity contribution in [2.24, 2.45) is 0 Å². The highest BCUT2D eigenvalue weighted by Gasteiger charge is 2.10. The van der Waals surface area contributed by atoms with Gasteiger partial charge in [0.25, 0.3) is 5.91 Å². The summed E-state index contributed by atoms with van der Waals surface area (Å²) < 4.78 is 10.3. The van der Waals surface area contributed by atoms with Gasteiger partial charge in [0.15, 0.2) is 0 Å². The van der Waals surface area contributed by atoms with Crippen LogP contribution in [0, 0.1) is 11.3 Å². The van der Waals surface area contributed by atoms with Gasteiger partial charge in [-0.05, 0) is 36.4 Å². The first kappa shape index (κ1) is 15.4. The van der Waals surface area contributed by atoms with E-state index in [1.807, 2.05) is 6.07 Å². The van der Waals surface area contributed by atoms with E-state index in [1.165, 1.54) is 12.3 Å². The average Bonchev–Trinajstić information content (AvgIpc) is 3.05. The Morgan fingerprint density at radius 1 is 1.36 bits per heavy atom. The Hall–Kier alpha value is -3.04. The molecule has 1 amide bonds. The Balaban J connectivity index is 2.03. The van der Waals surface area contributed by atoms with Gasteiger partial charge in [-0.1, -0.05) is 0 Å². The summed E-state index contributed by atoms with van der Waals surface area (Å²) in [5.74, 6) is 0.487. The second-order valence-electron chi connectivity index (χ2n) is 4.24. The van der Waals surface area contributed by atoms with Crippen LogP contribution in [0.3, 0.4) is 0 Å². The number of rotatable bonds is 6. The molecule has 1 aromatic heterocycles. The van der Waals surface area contributed by atoms with Gasteiger partial charge in [0.1, 0.15) is 29.8 Å². The number of nitriles is 1. The molecule has 6 heteroatoms. The number of carbonyl (C=O) groups is 1. The van der Waals surface area contributed by atoms with E-state index in [0.717, 1.165) is 0 Å². The second-order valence-corrected chi connectivity index (χ2v) is 4.24. The molecule has 0 saturated heterocycles. The minimum Gasteiger partial charge on any atom is -0.491 e. The number of benzene rings is 1. The number of hydrogen-bond acceptors (Lipinski definition) is 5. The van der Waals surface area contributed by atoms with Gasteiger partial charge < -0.3 is 19.6 Å². The number of amides is 1. The summed E-state index contributed by atoms with van der Waals surface area (Å²) >= 11 is 0. The van der Waals surface area contributed by atoms with E-state index in [4.69, 9.17) is 19.5 Å². The van der Waals surface area contributed by atoms with E-state index in [1.54, 1.807) is 36.4 Å². The number of nitrogens with zero attached hydrogens (tertiary/aromatic N) is 1. The van der Waals surface area contributed by atoms with Gasteiger partial charge in [0.05, 0.1) is 12.9 Å². The van der Waals surface area contributed by atoms with Crippen LogP contribution in [0.25, 0.3) is 6.08 Å². The van der Waals surface area contributed by atoms with Crippen molar-refractivity contribution in [1.82, 2.24) is 0 Å². The van der Waals surface area contributed by atoms with E-state index in [9.17, 15) is 4.79 Å². The van der Waals surface area contributed by atoms with E-state index >= 15 is 0 Å². The van der Waals surface area contributed by atoms with Crippen LogP contribution in [0.4, 0.5) is 5.69 Å². The maximum atomic E-state index is 12.0. The van der Waals surface area contributed by atoms with Crippen molar-refractivity contribution in [3.63, 3.8) is 0 Å². The minimum atomic E-state index is -0.525. The first-order valence-corrected chi connectivity index (χ1v) is 6.53. The molecule has 0 bridgehead atoms. The van der Waals surface area contributed by atoms with Crippen LogP contribution >= 0.6 is 0 Å². The SMILES string of the molecule is N#C/C(=C\c1ccco1)C(=O)Nc1ccc(OCCO)cc1. The summed E-state index contributed by atoms with van der Waals surface area (Å²) in [4.78, 5) is 12.0. The maximum Gasteiger partial charge on any atom is 0.266 e. The normalized spacial score (nSPS) is 10.8. The van der Waals surface area contributed by atoms with Gasteiger partial charge in [-0.25, -0.2) is 0 Å². The molecule has 0 aliphatic heterocycles. The van der Waals surface area contributed by atoms with Gasteiger partial charge in [0, 0.05) is 11.8 Å². The van der Waals surface area contributed by atoms with Crippen molar-refractivity contribution in [2.45, 2.75) is 0 Å². The molecule has 0 aliphatic carbocycles. The number of ether oxygens (including phenoxy) is 1. The van der Waals surface area contributed by atoms with Gasteiger partial charge >= 0.3 is 0 Å². The monoisotopic (exact) mass is 298 g/mol. The summed E-state index contributed by atoms with van der Waals surface area (Å²) in [6.45, 7) is 0.137. The van der Waals surface area contributed by atoms with E-state index in [2.05, 4.69) is 5.32 Å². The van der Waals surface area contributed by atoms with Crippen LogP contribution in [0.5, 0.6) is 5.75 Å². The molecule has 0 saturated carbocycles. The lowest BCUT2D eigenvalue weighted by atomic mass is 10.2. The number of furan rings is 1. The standard InChI is InChI=1S/C16H14N2O4/c17-11-12(10-15-2-1-8-21-15)16(20)18-13-3-5-14(6-4-13)22-9-7-19/h1-6,8,10,19H,7,9H2,(H,18,20)/b12-10+. The van der Waals surface area contributed by atoms with Gasteiger partial charge in [-0.3, -0.25) is 4.79 Å². The van der Waals surface area contributed by atoms with Crippen LogP contribution in [0.1, 0.15) is 5.76 Å². The fourth-order valence-electron chi connectivity index (χ4n) is 1.66. The number of anilines is 1. The Kier molecular flexibility index (Phi) is 5.35. The predicted molar refractivity (Wildman–Crippen MR) is 80.0 cm³/mol. The molecular weight excluding hydrogens is 284 g/mol. The Bertz CT molecular complexity index is 682. The lowest BCUT2D eigenvalue weighted by Crippen LogP contribution is -2.13. The van der Waals surface area contributed by atoms with Gasteiger partial charge in [0.2, 0.25) is 0 Å². The summed E-state index contributed by atoms with van der Waals surface area (Å²) in [6.07, 6.45) is 2.83. The first-order valence-electron chi connectivity index (χ1n) is 6.53. The molecule has 6 nitrogen and oxygen atoms in total. The molecule has 22 heavy (non-hydrogen) atoms. The zero-order valence-corrected chi connectivity index (χ0v) is 11.7. The molecule has 0 radical (unpaired) electrons. The molecule has 0 fully saturated rings. The quantitative estimate of drug-likeness (QED) is 0.629. The van der Waals surface area contributed by atoms with Crippen molar-refractivity contribution >= 4 is 17.7 Å². The topological polar surface area (TPSA) is 95.5 Å². The number of hydrogen-bond donors (Lipinski definition) is 2. The fraction of sp³-hybridized carbons (Fsp3) is 0.125. The maximum absolute atomic E-state index is 12.0. The van der Waals surface area contributed by atoms with Crippen LogP contribution < -0.4 is 10.1 Å². The van der Waals surface area contributed by atoms with E-state index in [-0.39, 0.29) is 18.8 Å². The smallest absolute Gasteiger partial charge is 0.266 e. The number of carbonyl (C=O) groups excluding carboxylic acids is 1. The summed E-state index contributed by atoms with van der Waals surface area (Å²) in [6, 6.07) is 11.8. The van der Waals surface area contributed by atoms with Crippen molar-refractivity contribution in [3.8, 4) is 11.8 Å². The van der Waals surface area contributed by atoms with Crippen molar-refractivity contribution < 1.29 is 19.1 Å². The van der Waals surface area contributed by atoms with Gasteiger partial charge in [-0.15, -0.1) is 0 Å². The van der Waals surface area contributed by atoms with Crippen LogP contribution in [0.2, 0.25) is 0 Å². The predicted octanol–water partition coefficient (Wildman–Crippen LogP) is 2.20. The molecule has 0 unspecified atom stereocenters. The number of aliphatic hydroxyl groups is 1. The zero-order valence-electron chi connectivity index (χ0n) is 11.7. The van der Waals surface area contributed by atoms with E-state index in [0.29, 0.717) is 17.2 Å². The Morgan fingerprint density at radius 3 is 2.73 bits per heavy atom. The van der Waals surface area contributed by atoms with Crippen molar-refractivity contribution in [1.29, 1.82) is 5.26 Å². The van der Waals surface area contributed by atoms with E-state index < -0.39 is 5.91 Å². The third-order valence-electron chi connectivity index (χ3n) is 2.67. The molecule has 112 valence electrons. The highest BCUT2D eigenvalue weighted by Crippen LogP contribution is 2.17. The molecule has 1 heterocycles. The summed E-state index contributed by atoms with van der Waals surface area (Å²) in [5.41, 5.74) is 0.470. The molecule has 0 spiro atoms. The summed E-state index contributed by atoms with van der Waals surface area (Å²) in [5, 5.41) is 20.3. The molecule has 2 aromatic rings. The lowest BCUT2D eigenvalue weighted by molar-refractivity contribution is -0.112. The molecular formula is C16H14N2O4. The molecule has 0 aliphatic rings. The molecule has 0 atom stereocenters. The third kappa shape index (κ3) is 4.23. The Morgan fingerprint density at radius 2 is 2.14 bits per heavy atom. The Labute approximate surface area is 127 Å². The van der Waals surface area contributed by atoms with Gasteiger partial charge in [-0.2, -0.15) is 5.26 Å². The van der Waals surface area contributed by atoms with Crippen molar-refractivity contribution in [2.75, 3.05) is 18.5 Å². The number of aliphatic hydroxyl groups excluding tert-OH is 1. The second kappa shape index (κ2) is 7.67. The molecule has 2 rings (SSSR count). The fourth-order valence-corrected chi connectivity index (χ4v) is 1.66. The van der Waals surface area contributed by atoms with Crippen LogP contribution in [0.15, 0.2) is 52.7 Å². The zero-order chi connectivity index (χ0) is 15.8. The largest absolute Gasteiger partial charge is 0.491 e. The first-order chi connectivity index (χ1) is 10.7. The number of nitrogens with one attached hydrogen (secondary N) is 1. The highest BCUT2D eigenvalue weighted by atomic mass is 16.5. The van der Waals surface area contributed by atoms with Crippen molar-refractivity contribution in [3.05, 3.63) is 54.0 Å². The van der Waals surface area contributed by atoms with Crippen LogP contribution in [-0.4, -0.2) is 24.2 Å². The highest BCUT2D eigenvalue weighted by molar-refractivity contribution is 6.09. The molecule has 2 N–H and O–H groups in total.